The van der Waals surface area contributed by atoms with Crippen LogP contribution in [0, 0.1) is 0 Å². The minimum atomic E-state index is -1.99. The topological polar surface area (TPSA) is 353 Å². The molecule has 0 spiro atoms. The Kier molecular flexibility index (Phi) is 61.6. The lowest BCUT2D eigenvalue weighted by Crippen LogP contribution is -2.44. The van der Waals surface area contributed by atoms with Crippen molar-refractivity contribution >= 4 is 66.3 Å². The van der Waals surface area contributed by atoms with Crippen LogP contribution >= 0.6 is 0 Å². The van der Waals surface area contributed by atoms with Crippen LogP contribution in [-0.2, 0) is 71.2 Å². The van der Waals surface area contributed by atoms with E-state index in [1.807, 2.05) is 0 Å². The molecule has 98 heavy (non-hydrogen) atoms. The van der Waals surface area contributed by atoms with Gasteiger partial charge in [0.25, 0.3) is 0 Å². The third kappa shape index (κ3) is 68.6. The third-order valence-corrected chi connectivity index (χ3v) is 19.6. The van der Waals surface area contributed by atoms with E-state index in [2.05, 4.69) is 82.6 Å². The zero-order chi connectivity index (χ0) is 72.3. The molecular formula is C67H128N8O21Si2. The second-order valence-corrected chi connectivity index (χ2v) is 32.1. The number of rotatable bonds is 67. The van der Waals surface area contributed by atoms with Gasteiger partial charge in [-0.25, -0.2) is 43.3 Å². The normalized spacial score (nSPS) is 11.3. The fourth-order valence-corrected chi connectivity index (χ4v) is 14.8. The van der Waals surface area contributed by atoms with Crippen LogP contribution in [0.15, 0.2) is 24.5 Å². The molecule has 0 heterocycles. The molecule has 8 N–H and O–H groups in total. The Labute approximate surface area is 588 Å². The molecule has 0 bridgehead atoms. The van der Waals surface area contributed by atoms with Crippen LogP contribution in [0.3, 0.4) is 0 Å². The highest BCUT2D eigenvalue weighted by Crippen LogP contribution is 2.23. The van der Waals surface area contributed by atoms with Crippen LogP contribution in [-0.4, -0.2) is 210 Å². The summed E-state index contributed by atoms with van der Waals surface area (Å²) in [4.78, 5) is 105. The summed E-state index contributed by atoms with van der Waals surface area (Å²) in [5.41, 5.74) is 0.289. The number of alkyl carbamates (subject to hydrolysis) is 6. The van der Waals surface area contributed by atoms with E-state index >= 15 is 0 Å². The summed E-state index contributed by atoms with van der Waals surface area (Å²) in [5, 5.41) is 22.8. The first-order valence-corrected chi connectivity index (χ1v) is 40.7. The smallest absolute Gasteiger partial charge is 0.407 e. The molecule has 0 saturated heterocycles. The number of allylic oxidation sites excluding steroid dienone is 1. The van der Waals surface area contributed by atoms with Crippen molar-refractivity contribution in [3.8, 4) is 0 Å². The Balaban J connectivity index is 3.59. The molecule has 0 aliphatic heterocycles. The maximum Gasteiger partial charge on any atom is 0.407 e. The van der Waals surface area contributed by atoms with Crippen molar-refractivity contribution in [1.29, 1.82) is 0 Å². The van der Waals surface area contributed by atoms with Crippen molar-refractivity contribution in [3.63, 3.8) is 0 Å². The van der Waals surface area contributed by atoms with Gasteiger partial charge >= 0.3 is 48.5 Å². The Morgan fingerprint density at radius 1 is 0.378 bits per heavy atom. The predicted octanol–water partition coefficient (Wildman–Crippen LogP) is 9.91. The SMILES string of the molecule is C=C(C)OCOCCOC(=O)NCCCCCCNC(=O)OCCOC(=O)NCCCCCCCCCCNC(=O)OCCC[SiH2]C(C)(C)O[Si](C)(C)CCCOC(=O)NCCCCCCNCCCCC(=O)OCCOOCNCCCCCCNC(=O)OCCOC(=O)C(=C)C. The zero-order valence-electron chi connectivity index (χ0n) is 60.6. The second-order valence-electron chi connectivity index (χ2n) is 24.9. The van der Waals surface area contributed by atoms with Gasteiger partial charge < -0.3 is 89.0 Å². The standard InChI is InChI=1S/C67H128N8O21Si2/c1-57(2)60(77)86-47-48-90-64(81)74-40-27-18-16-23-36-69-55-95-94-52-51-85-59(76)33-21-30-35-68-34-22-15-17-26-39-71-62(79)88-44-32-54-98(7,8)96-67(5,6)97-53-31-43-87-61(78)70-37-24-13-11-9-10-12-14-25-38-73-65(82)91-49-50-92-66(83)75-42-29-20-19-28-41-72-63(80)89-46-45-84-56-93-58(3)4/h68-69H,1,3,9-56,97H2,2,4-8H3,(H,70,78)(H,71,79)(H,72,80)(H,73,82)(H,74,81)(H,75,83). The predicted molar refractivity (Wildman–Crippen MR) is 379 cm³/mol. The Morgan fingerprint density at radius 2 is 0.735 bits per heavy atom. The molecule has 0 aromatic carbocycles. The van der Waals surface area contributed by atoms with E-state index < -0.39 is 48.2 Å². The van der Waals surface area contributed by atoms with Crippen molar-refractivity contribution in [3.05, 3.63) is 24.5 Å². The molecule has 0 atom stereocenters. The Morgan fingerprint density at radius 3 is 1.16 bits per heavy atom. The van der Waals surface area contributed by atoms with Crippen LogP contribution in [0.4, 0.5) is 28.8 Å². The molecule has 0 unspecified atom stereocenters. The van der Waals surface area contributed by atoms with Gasteiger partial charge in [0.15, 0.2) is 15.1 Å². The summed E-state index contributed by atoms with van der Waals surface area (Å²) in [5.74, 6) is -0.229. The number of nitrogens with one attached hydrogen (secondary N) is 8. The first-order valence-electron chi connectivity index (χ1n) is 35.9. The number of esters is 2. The van der Waals surface area contributed by atoms with E-state index in [0.29, 0.717) is 64.7 Å². The fourth-order valence-electron chi connectivity index (χ4n) is 9.33. The maximum absolute atomic E-state index is 12.3. The number of amides is 6. The number of ether oxygens (including phenoxy) is 10. The molecule has 0 aliphatic rings. The number of carbonyl (C=O) groups is 8. The molecule has 0 aromatic heterocycles. The van der Waals surface area contributed by atoms with Crippen LogP contribution in [0.5, 0.6) is 0 Å². The fraction of sp³-hybridized carbons (Fsp3) is 0.821. The summed E-state index contributed by atoms with van der Waals surface area (Å²) in [6.07, 6.45) is 19.7. The number of unbranched alkanes of at least 4 members (excludes halogenated alkanes) is 17. The van der Waals surface area contributed by atoms with Gasteiger partial charge in [-0.15, -0.1) is 0 Å². The highest BCUT2D eigenvalue weighted by molar-refractivity contribution is 6.71. The van der Waals surface area contributed by atoms with Gasteiger partial charge in [-0.1, -0.05) is 96.3 Å². The average Bonchev–Trinajstić information content (AvgIpc) is 0.892. The van der Waals surface area contributed by atoms with E-state index in [1.54, 1.807) is 13.8 Å². The first kappa shape index (κ1) is 92.0. The summed E-state index contributed by atoms with van der Waals surface area (Å²) in [6, 6.07) is 1.89. The van der Waals surface area contributed by atoms with Gasteiger partial charge in [0.1, 0.15) is 53.0 Å². The van der Waals surface area contributed by atoms with E-state index in [-0.39, 0.29) is 95.3 Å². The molecule has 570 valence electrons. The highest BCUT2D eigenvalue weighted by Gasteiger charge is 2.31. The van der Waals surface area contributed by atoms with Crippen molar-refractivity contribution in [2.45, 2.75) is 219 Å². The molecule has 6 amide bonds. The summed E-state index contributed by atoms with van der Waals surface area (Å²) in [6.45, 7) is 26.2. The monoisotopic (exact) mass is 1440 g/mol. The van der Waals surface area contributed by atoms with Gasteiger partial charge in [-0.05, 0) is 144 Å². The molecule has 31 heteroatoms. The molecule has 0 radical (unpaired) electrons. The van der Waals surface area contributed by atoms with Crippen molar-refractivity contribution in [2.24, 2.45) is 0 Å². The van der Waals surface area contributed by atoms with E-state index in [0.717, 1.165) is 186 Å². The molecule has 0 saturated carbocycles. The largest absolute Gasteiger partial charge is 0.473 e. The highest BCUT2D eigenvalue weighted by atomic mass is 28.4. The van der Waals surface area contributed by atoms with Crippen LogP contribution < -0.4 is 42.5 Å². The first-order chi connectivity index (χ1) is 47.2. The lowest BCUT2D eigenvalue weighted by molar-refractivity contribution is -0.302. The van der Waals surface area contributed by atoms with E-state index in [9.17, 15) is 38.4 Å². The molecule has 29 nitrogen and oxygen atoms in total. The van der Waals surface area contributed by atoms with E-state index in [4.69, 9.17) is 61.6 Å². The van der Waals surface area contributed by atoms with Crippen LogP contribution in [0.2, 0.25) is 25.2 Å². The second kappa shape index (κ2) is 65.6. The van der Waals surface area contributed by atoms with Crippen molar-refractivity contribution in [1.82, 2.24) is 42.5 Å². The van der Waals surface area contributed by atoms with Gasteiger partial charge in [0, 0.05) is 56.5 Å². The molecule has 0 aromatic rings. The van der Waals surface area contributed by atoms with Crippen molar-refractivity contribution < 1.29 is 99.9 Å². The number of hydrogen-bond acceptors (Lipinski definition) is 23. The van der Waals surface area contributed by atoms with Crippen LogP contribution in [0.25, 0.3) is 0 Å². The summed E-state index contributed by atoms with van der Waals surface area (Å²) in [7, 11) is -2.59. The average molecular weight is 1440 g/mol. The van der Waals surface area contributed by atoms with Gasteiger partial charge in [0.2, 0.25) is 0 Å². The summed E-state index contributed by atoms with van der Waals surface area (Å²) >= 11 is 0. The minimum Gasteiger partial charge on any atom is -0.473 e. The quantitative estimate of drug-likeness (QED) is 0.00323. The maximum atomic E-state index is 12.3. The third-order valence-electron chi connectivity index (χ3n) is 14.5. The van der Waals surface area contributed by atoms with Gasteiger partial charge in [0.05, 0.1) is 35.1 Å². The lowest BCUT2D eigenvalue weighted by atomic mass is 10.1. The summed E-state index contributed by atoms with van der Waals surface area (Å²) < 4.78 is 57.9. The van der Waals surface area contributed by atoms with Crippen molar-refractivity contribution in [2.75, 3.05) is 138 Å². The minimum absolute atomic E-state index is 0.0147. The lowest BCUT2D eigenvalue weighted by Gasteiger charge is -2.35. The van der Waals surface area contributed by atoms with Gasteiger partial charge in [-0.2, -0.15) is 0 Å². The Hall–Kier alpha value is -5.97. The van der Waals surface area contributed by atoms with E-state index in [1.165, 1.54) is 0 Å². The molecule has 0 aliphatic carbocycles. The Bertz CT molecular complexity index is 2110. The van der Waals surface area contributed by atoms with Crippen LogP contribution in [0.1, 0.15) is 188 Å². The zero-order valence-corrected chi connectivity index (χ0v) is 63.0. The van der Waals surface area contributed by atoms with Gasteiger partial charge in [-0.3, -0.25) is 10.1 Å². The molecule has 0 rings (SSSR count). The molecule has 0 fully saturated rings. The number of hydrogen-bond donors (Lipinski definition) is 8. The number of carbonyl (C=O) groups excluding carboxylic acids is 8. The molecular weight excluding hydrogens is 1310 g/mol.